The standard InChI is InChI=1S/C25H32N2O3/c1-4-29-19-13-9-17(10-14-19)23-21-7-6-8-22(25(21)27-28-3)24(26-23)18-11-15-20(16-12-18)30-5-2/h9-16,21-24,26H,4-8H2,1-3H3. The Morgan fingerprint density at radius 1 is 0.800 bits per heavy atom. The highest BCUT2D eigenvalue weighted by molar-refractivity contribution is 5.91. The van der Waals surface area contributed by atoms with Gasteiger partial charge in [-0.3, -0.25) is 0 Å². The van der Waals surface area contributed by atoms with Crippen molar-refractivity contribution in [3.05, 3.63) is 59.7 Å². The van der Waals surface area contributed by atoms with Crippen LogP contribution in [0.5, 0.6) is 11.5 Å². The van der Waals surface area contributed by atoms with Crippen LogP contribution < -0.4 is 14.8 Å². The number of hydrogen-bond donors (Lipinski definition) is 1. The van der Waals surface area contributed by atoms with Crippen LogP contribution in [0.2, 0.25) is 0 Å². The first-order valence-electron chi connectivity index (χ1n) is 11.1. The quantitative estimate of drug-likeness (QED) is 0.633. The molecule has 4 unspecified atom stereocenters. The van der Waals surface area contributed by atoms with Crippen molar-refractivity contribution in [1.29, 1.82) is 0 Å². The first-order valence-corrected chi connectivity index (χ1v) is 11.1. The lowest BCUT2D eigenvalue weighted by Crippen LogP contribution is -2.50. The molecule has 4 atom stereocenters. The second-order valence-corrected chi connectivity index (χ2v) is 7.97. The van der Waals surface area contributed by atoms with E-state index in [1.807, 2.05) is 13.8 Å². The third-order valence-electron chi connectivity index (χ3n) is 6.25. The summed E-state index contributed by atoms with van der Waals surface area (Å²) in [7, 11) is 1.66. The van der Waals surface area contributed by atoms with Crippen molar-refractivity contribution in [3.63, 3.8) is 0 Å². The Balaban J connectivity index is 1.67. The average molecular weight is 409 g/mol. The van der Waals surface area contributed by atoms with Crippen LogP contribution in [-0.4, -0.2) is 26.0 Å². The molecule has 2 bridgehead atoms. The minimum Gasteiger partial charge on any atom is -0.494 e. The predicted molar refractivity (Wildman–Crippen MR) is 119 cm³/mol. The summed E-state index contributed by atoms with van der Waals surface area (Å²) >= 11 is 0. The van der Waals surface area contributed by atoms with Gasteiger partial charge in [0, 0.05) is 23.9 Å². The number of ether oxygens (including phenoxy) is 2. The second kappa shape index (κ2) is 9.52. The van der Waals surface area contributed by atoms with Crippen LogP contribution in [0.1, 0.15) is 56.3 Å². The van der Waals surface area contributed by atoms with Gasteiger partial charge >= 0.3 is 0 Å². The highest BCUT2D eigenvalue weighted by atomic mass is 16.6. The van der Waals surface area contributed by atoms with Crippen molar-refractivity contribution >= 4 is 5.71 Å². The summed E-state index contributed by atoms with van der Waals surface area (Å²) in [4.78, 5) is 5.31. The van der Waals surface area contributed by atoms with Crippen LogP contribution in [-0.2, 0) is 4.84 Å². The zero-order valence-electron chi connectivity index (χ0n) is 18.1. The van der Waals surface area contributed by atoms with Crippen LogP contribution in [0.25, 0.3) is 0 Å². The maximum atomic E-state index is 5.63. The Kier molecular flexibility index (Phi) is 6.58. The van der Waals surface area contributed by atoms with Crippen LogP contribution in [0.15, 0.2) is 53.7 Å². The van der Waals surface area contributed by atoms with Gasteiger partial charge in [0.15, 0.2) is 0 Å². The van der Waals surface area contributed by atoms with E-state index in [2.05, 4.69) is 59.0 Å². The van der Waals surface area contributed by atoms with Crippen LogP contribution in [0.3, 0.4) is 0 Å². The molecule has 2 aromatic rings. The summed E-state index contributed by atoms with van der Waals surface area (Å²) in [5, 5.41) is 8.50. The van der Waals surface area contributed by atoms with E-state index in [1.165, 1.54) is 23.3 Å². The Labute approximate surface area is 179 Å². The van der Waals surface area contributed by atoms with Gasteiger partial charge in [0.25, 0.3) is 0 Å². The fourth-order valence-corrected chi connectivity index (χ4v) is 5.00. The molecular formula is C25H32N2O3. The molecule has 1 heterocycles. The highest BCUT2D eigenvalue weighted by Gasteiger charge is 2.45. The van der Waals surface area contributed by atoms with Gasteiger partial charge in [-0.2, -0.15) is 0 Å². The average Bonchev–Trinajstić information content (AvgIpc) is 2.76. The third kappa shape index (κ3) is 4.17. The van der Waals surface area contributed by atoms with E-state index in [4.69, 9.17) is 14.3 Å². The van der Waals surface area contributed by atoms with Crippen LogP contribution in [0.4, 0.5) is 0 Å². The minimum atomic E-state index is 0.197. The SMILES string of the molecule is CCOc1ccc(C2NC(c3ccc(OCC)cc3)C3CCCC2C3=NOC)cc1. The first kappa shape index (κ1) is 20.7. The topological polar surface area (TPSA) is 52.1 Å². The van der Waals surface area contributed by atoms with E-state index in [0.717, 1.165) is 24.3 Å². The van der Waals surface area contributed by atoms with Gasteiger partial charge in [0.05, 0.1) is 18.9 Å². The molecule has 5 nitrogen and oxygen atoms in total. The van der Waals surface area contributed by atoms with E-state index in [9.17, 15) is 0 Å². The Hall–Kier alpha value is -2.53. The Bertz CT molecular complexity index is 782. The van der Waals surface area contributed by atoms with Crippen molar-refractivity contribution in [2.75, 3.05) is 20.3 Å². The smallest absolute Gasteiger partial charge is 0.119 e. The highest BCUT2D eigenvalue weighted by Crippen LogP contribution is 2.46. The Morgan fingerprint density at radius 2 is 1.27 bits per heavy atom. The first-order chi connectivity index (χ1) is 14.7. The van der Waals surface area contributed by atoms with Crippen molar-refractivity contribution in [3.8, 4) is 11.5 Å². The minimum absolute atomic E-state index is 0.197. The summed E-state index contributed by atoms with van der Waals surface area (Å²) in [6.07, 6.45) is 3.46. The van der Waals surface area contributed by atoms with Gasteiger partial charge in [-0.15, -0.1) is 0 Å². The van der Waals surface area contributed by atoms with E-state index in [-0.39, 0.29) is 12.1 Å². The van der Waals surface area contributed by atoms with Gasteiger partial charge in [-0.05, 0) is 62.1 Å². The summed E-state index contributed by atoms with van der Waals surface area (Å²) in [5.41, 5.74) is 3.73. The lowest BCUT2D eigenvalue weighted by atomic mass is 9.67. The molecule has 4 rings (SSSR count). The zero-order valence-corrected chi connectivity index (χ0v) is 18.1. The molecule has 1 aliphatic carbocycles. The molecule has 1 N–H and O–H groups in total. The number of nitrogens with zero attached hydrogens (tertiary/aromatic N) is 1. The van der Waals surface area contributed by atoms with Crippen molar-refractivity contribution in [1.82, 2.24) is 5.32 Å². The lowest BCUT2D eigenvalue weighted by Gasteiger charge is -2.47. The normalized spacial score (nSPS) is 25.5. The fraction of sp³-hybridized carbons (Fsp3) is 0.480. The molecule has 0 amide bonds. The molecule has 30 heavy (non-hydrogen) atoms. The molecular weight excluding hydrogens is 376 g/mol. The maximum absolute atomic E-state index is 5.63. The molecule has 0 radical (unpaired) electrons. The molecule has 160 valence electrons. The maximum Gasteiger partial charge on any atom is 0.119 e. The van der Waals surface area contributed by atoms with E-state index in [1.54, 1.807) is 7.11 Å². The summed E-state index contributed by atoms with van der Waals surface area (Å²) < 4.78 is 11.3. The van der Waals surface area contributed by atoms with Crippen molar-refractivity contribution in [2.45, 2.75) is 45.2 Å². The zero-order chi connectivity index (χ0) is 20.9. The molecule has 0 aromatic heterocycles. The molecule has 2 aromatic carbocycles. The fourth-order valence-electron chi connectivity index (χ4n) is 5.00. The summed E-state index contributed by atoms with van der Waals surface area (Å²) in [6, 6.07) is 17.4. The largest absolute Gasteiger partial charge is 0.494 e. The van der Waals surface area contributed by atoms with Gasteiger partial charge < -0.3 is 19.6 Å². The molecule has 1 aliphatic heterocycles. The predicted octanol–water partition coefficient (Wildman–Crippen LogP) is 5.29. The number of nitrogens with one attached hydrogen (secondary N) is 1. The summed E-state index contributed by atoms with van der Waals surface area (Å²) in [5.74, 6) is 2.51. The number of hydrogen-bond acceptors (Lipinski definition) is 5. The van der Waals surface area contributed by atoms with Gasteiger partial charge in [0.2, 0.25) is 0 Å². The summed E-state index contributed by atoms with van der Waals surface area (Å²) in [6.45, 7) is 5.37. The van der Waals surface area contributed by atoms with Crippen molar-refractivity contribution in [2.24, 2.45) is 17.0 Å². The van der Waals surface area contributed by atoms with E-state index in [0.29, 0.717) is 25.0 Å². The van der Waals surface area contributed by atoms with Gasteiger partial charge in [-0.1, -0.05) is 35.8 Å². The van der Waals surface area contributed by atoms with Crippen LogP contribution >= 0.6 is 0 Å². The molecule has 1 saturated heterocycles. The third-order valence-corrected chi connectivity index (χ3v) is 6.25. The molecule has 5 heteroatoms. The van der Waals surface area contributed by atoms with E-state index < -0.39 is 0 Å². The lowest BCUT2D eigenvalue weighted by molar-refractivity contribution is 0.180. The molecule has 1 saturated carbocycles. The van der Waals surface area contributed by atoms with Gasteiger partial charge in [-0.25, -0.2) is 0 Å². The number of piperidine rings is 1. The second-order valence-electron chi connectivity index (χ2n) is 7.97. The number of oxime groups is 1. The molecule has 2 fully saturated rings. The Morgan fingerprint density at radius 3 is 1.67 bits per heavy atom. The number of rotatable bonds is 7. The van der Waals surface area contributed by atoms with E-state index >= 15 is 0 Å². The van der Waals surface area contributed by atoms with Crippen LogP contribution in [0, 0.1) is 11.8 Å². The monoisotopic (exact) mass is 408 g/mol. The number of benzene rings is 2. The van der Waals surface area contributed by atoms with Gasteiger partial charge in [0.1, 0.15) is 18.6 Å². The number of fused-ring (bicyclic) bond motifs is 2. The molecule has 0 spiro atoms. The molecule has 2 aliphatic rings. The van der Waals surface area contributed by atoms with Crippen molar-refractivity contribution < 1.29 is 14.3 Å².